The van der Waals surface area contributed by atoms with Gasteiger partial charge in [-0.05, 0) is 47.9 Å². The summed E-state index contributed by atoms with van der Waals surface area (Å²) in [7, 11) is 1.85. The highest BCUT2D eigenvalue weighted by Gasteiger charge is 2.21. The van der Waals surface area contributed by atoms with Crippen molar-refractivity contribution in [1.29, 1.82) is 0 Å². The molecule has 1 amide bonds. The molecule has 0 aliphatic rings. The van der Waals surface area contributed by atoms with E-state index in [4.69, 9.17) is 5.73 Å². The molecule has 9 nitrogen and oxygen atoms in total. The number of hydrogen-bond acceptors (Lipinski definition) is 7. The Balaban J connectivity index is 1.44. The van der Waals surface area contributed by atoms with Crippen LogP contribution in [0.2, 0.25) is 0 Å². The molecule has 9 heteroatoms. The van der Waals surface area contributed by atoms with Crippen LogP contribution in [0.4, 0.5) is 5.82 Å². The Kier molecular flexibility index (Phi) is 6.34. The lowest BCUT2D eigenvalue weighted by atomic mass is 9.92. The number of aryl methyl sites for hydroxylation is 1. The fourth-order valence-electron chi connectivity index (χ4n) is 4.70. The number of anilines is 1. The van der Waals surface area contributed by atoms with Crippen molar-refractivity contribution in [2.45, 2.75) is 13.0 Å². The maximum atomic E-state index is 13.5. The molecule has 2 aromatic carbocycles. The van der Waals surface area contributed by atoms with Gasteiger partial charge in [0, 0.05) is 36.4 Å². The first-order valence-corrected chi connectivity index (χ1v) is 12.6. The van der Waals surface area contributed by atoms with Gasteiger partial charge in [0.1, 0.15) is 11.4 Å². The van der Waals surface area contributed by atoms with E-state index in [1.807, 2.05) is 62.6 Å². The number of carbonyl (C=O) groups excluding carboxylic acids is 1. The van der Waals surface area contributed by atoms with E-state index in [9.17, 15) is 4.79 Å². The molecule has 3 N–H and O–H groups in total. The fraction of sp³-hybridized carbons (Fsp3) is 0.0968. The monoisotopic (exact) mass is 524 g/mol. The summed E-state index contributed by atoms with van der Waals surface area (Å²) in [5, 5.41) is 17.5. The minimum absolute atomic E-state index is 0.125. The third-order valence-electron chi connectivity index (χ3n) is 6.66. The van der Waals surface area contributed by atoms with Gasteiger partial charge in [-0.1, -0.05) is 42.2 Å². The number of amides is 1. The molecule has 0 bridgehead atoms. The second-order valence-electron chi connectivity index (χ2n) is 9.39. The lowest BCUT2D eigenvalue weighted by Crippen LogP contribution is -2.28. The van der Waals surface area contributed by atoms with Gasteiger partial charge < -0.3 is 11.1 Å². The van der Waals surface area contributed by atoms with Gasteiger partial charge in [-0.15, -0.1) is 0 Å². The Labute approximate surface area is 230 Å². The lowest BCUT2D eigenvalue weighted by molar-refractivity contribution is 0.0942. The molecule has 0 saturated heterocycles. The first-order valence-electron chi connectivity index (χ1n) is 12.6. The van der Waals surface area contributed by atoms with Crippen LogP contribution in [0.25, 0.3) is 32.9 Å². The van der Waals surface area contributed by atoms with Crippen LogP contribution in [0, 0.1) is 11.8 Å². The maximum absolute atomic E-state index is 13.5. The van der Waals surface area contributed by atoms with E-state index in [2.05, 4.69) is 48.5 Å². The van der Waals surface area contributed by atoms with Crippen LogP contribution >= 0.6 is 0 Å². The number of benzene rings is 2. The molecule has 1 atom stereocenters. The van der Waals surface area contributed by atoms with E-state index in [0.29, 0.717) is 11.0 Å². The van der Waals surface area contributed by atoms with E-state index < -0.39 is 6.04 Å². The summed E-state index contributed by atoms with van der Waals surface area (Å²) in [6.07, 6.45) is 8.48. The molecule has 0 aliphatic carbocycles. The largest absolute Gasteiger partial charge is 0.383 e. The van der Waals surface area contributed by atoms with Crippen LogP contribution in [-0.4, -0.2) is 35.9 Å². The average molecular weight is 525 g/mol. The Bertz CT molecular complexity index is 1950. The van der Waals surface area contributed by atoms with Crippen LogP contribution in [-0.2, 0) is 7.05 Å². The predicted octanol–water partition coefficient (Wildman–Crippen LogP) is 4.45. The standard InChI is InChI=1S/C31H24N8O/c1-19(37-31(40)28-29-23(9-6-12-33-29)16-34-30(28)32)24-14-27-26(13-25(24)21-7-4-3-5-8-21)22(17-35-38-27)11-10-20-15-36-39(2)18-20/h3-9,12-19H,1-2H3,(H2,32,34)(H,37,40)/t19-/m0/s1. The third kappa shape index (κ3) is 4.70. The van der Waals surface area contributed by atoms with Crippen LogP contribution in [0.15, 0.2) is 85.6 Å². The van der Waals surface area contributed by atoms with E-state index >= 15 is 0 Å². The highest BCUT2D eigenvalue weighted by Crippen LogP contribution is 2.33. The van der Waals surface area contributed by atoms with E-state index in [1.165, 1.54) is 0 Å². The van der Waals surface area contributed by atoms with Crippen LogP contribution < -0.4 is 11.1 Å². The molecule has 6 aromatic rings. The number of pyridine rings is 2. The van der Waals surface area contributed by atoms with Gasteiger partial charge in [0.15, 0.2) is 0 Å². The van der Waals surface area contributed by atoms with Gasteiger partial charge >= 0.3 is 0 Å². The third-order valence-corrected chi connectivity index (χ3v) is 6.66. The van der Waals surface area contributed by atoms with E-state index in [-0.39, 0.29) is 17.3 Å². The fourth-order valence-corrected chi connectivity index (χ4v) is 4.70. The summed E-state index contributed by atoms with van der Waals surface area (Å²) in [6, 6.07) is 17.2. The van der Waals surface area contributed by atoms with Crippen molar-refractivity contribution in [3.05, 3.63) is 108 Å². The Morgan fingerprint density at radius 3 is 2.67 bits per heavy atom. The number of fused-ring (bicyclic) bond motifs is 2. The molecule has 0 aliphatic heterocycles. The molecule has 0 spiro atoms. The number of nitrogens with two attached hydrogens (primary N) is 1. The zero-order valence-corrected chi connectivity index (χ0v) is 21.8. The van der Waals surface area contributed by atoms with Crippen molar-refractivity contribution in [2.24, 2.45) is 7.05 Å². The van der Waals surface area contributed by atoms with Gasteiger partial charge in [0.05, 0.1) is 40.6 Å². The number of aromatic nitrogens is 6. The van der Waals surface area contributed by atoms with Gasteiger partial charge in [-0.25, -0.2) is 4.98 Å². The normalized spacial score (nSPS) is 11.7. The van der Waals surface area contributed by atoms with Gasteiger partial charge in [0.2, 0.25) is 0 Å². The van der Waals surface area contributed by atoms with Gasteiger partial charge in [-0.3, -0.25) is 14.5 Å². The van der Waals surface area contributed by atoms with Gasteiger partial charge in [0.25, 0.3) is 5.91 Å². The van der Waals surface area contributed by atoms with Gasteiger partial charge in [-0.2, -0.15) is 15.3 Å². The number of carbonyl (C=O) groups is 1. The summed E-state index contributed by atoms with van der Waals surface area (Å²) in [5.74, 6) is 6.14. The Hall–Kier alpha value is -5.62. The summed E-state index contributed by atoms with van der Waals surface area (Å²) < 4.78 is 1.71. The van der Waals surface area contributed by atoms with Crippen molar-refractivity contribution in [3.63, 3.8) is 0 Å². The van der Waals surface area contributed by atoms with Crippen molar-refractivity contribution in [3.8, 4) is 23.0 Å². The first kappa shape index (κ1) is 24.7. The quantitative estimate of drug-likeness (QED) is 0.327. The zero-order valence-electron chi connectivity index (χ0n) is 21.8. The number of nitrogens with zero attached hydrogens (tertiary/aromatic N) is 6. The summed E-state index contributed by atoms with van der Waals surface area (Å²) in [6.45, 7) is 1.92. The molecule has 0 radical (unpaired) electrons. The SMILES string of the molecule is C[C@H](NC(=O)c1c(N)ncc2cccnc12)c1cc2nncc(C#Cc3cnn(C)c3)c2cc1-c1ccccc1. The predicted molar refractivity (Wildman–Crippen MR) is 154 cm³/mol. The molecular weight excluding hydrogens is 500 g/mol. The number of rotatable bonds is 4. The Morgan fingerprint density at radius 2 is 1.88 bits per heavy atom. The minimum atomic E-state index is -0.405. The number of nitrogens with one attached hydrogen (secondary N) is 1. The second-order valence-corrected chi connectivity index (χ2v) is 9.39. The molecule has 4 heterocycles. The maximum Gasteiger partial charge on any atom is 0.257 e. The molecule has 0 unspecified atom stereocenters. The molecule has 4 aromatic heterocycles. The van der Waals surface area contributed by atoms with Crippen molar-refractivity contribution < 1.29 is 4.79 Å². The average Bonchev–Trinajstić information content (AvgIpc) is 3.40. The molecular formula is C31H24N8O. The molecule has 0 fully saturated rings. The first-order chi connectivity index (χ1) is 19.5. The van der Waals surface area contributed by atoms with Crippen LogP contribution in [0.5, 0.6) is 0 Å². The summed E-state index contributed by atoms with van der Waals surface area (Å²) >= 11 is 0. The Morgan fingerprint density at radius 1 is 1.02 bits per heavy atom. The van der Waals surface area contributed by atoms with Crippen molar-refractivity contribution in [1.82, 2.24) is 35.3 Å². The molecule has 194 valence electrons. The molecule has 0 saturated carbocycles. The summed E-state index contributed by atoms with van der Waals surface area (Å²) in [4.78, 5) is 22.1. The molecule has 6 rings (SSSR count). The zero-order chi connectivity index (χ0) is 27.6. The van der Waals surface area contributed by atoms with Crippen molar-refractivity contribution >= 4 is 33.5 Å². The number of hydrogen-bond donors (Lipinski definition) is 2. The molecule has 40 heavy (non-hydrogen) atoms. The summed E-state index contributed by atoms with van der Waals surface area (Å²) in [5.41, 5.74) is 11.9. The van der Waals surface area contributed by atoms with E-state index in [0.717, 1.165) is 38.6 Å². The van der Waals surface area contributed by atoms with Crippen LogP contribution in [0.1, 0.15) is 40.0 Å². The smallest absolute Gasteiger partial charge is 0.257 e. The van der Waals surface area contributed by atoms with Crippen LogP contribution in [0.3, 0.4) is 0 Å². The highest BCUT2D eigenvalue weighted by molar-refractivity contribution is 6.09. The highest BCUT2D eigenvalue weighted by atomic mass is 16.1. The topological polar surface area (TPSA) is 124 Å². The number of nitrogen functional groups attached to an aromatic ring is 1. The van der Waals surface area contributed by atoms with E-state index in [1.54, 1.807) is 35.5 Å². The second kappa shape index (κ2) is 10.3. The minimum Gasteiger partial charge on any atom is -0.383 e. The van der Waals surface area contributed by atoms with Crippen molar-refractivity contribution in [2.75, 3.05) is 5.73 Å². The lowest BCUT2D eigenvalue weighted by Gasteiger charge is -2.20.